The second kappa shape index (κ2) is 8.73. The maximum Gasteiger partial charge on any atom is 0.246 e. The molecule has 26 heavy (non-hydrogen) atoms. The summed E-state index contributed by atoms with van der Waals surface area (Å²) >= 11 is 0. The van der Waals surface area contributed by atoms with Crippen molar-refractivity contribution in [2.45, 2.75) is 31.6 Å². The van der Waals surface area contributed by atoms with Gasteiger partial charge in [-0.15, -0.1) is 0 Å². The summed E-state index contributed by atoms with van der Waals surface area (Å²) in [6, 6.07) is 4.68. The summed E-state index contributed by atoms with van der Waals surface area (Å²) in [5.41, 5.74) is 0. The van der Waals surface area contributed by atoms with Gasteiger partial charge in [-0.05, 0) is 30.9 Å². The zero-order valence-electron chi connectivity index (χ0n) is 15.8. The molecule has 146 valence electrons. The second-order valence-electron chi connectivity index (χ2n) is 6.86. The number of sulfonamides is 1. The van der Waals surface area contributed by atoms with E-state index in [9.17, 15) is 13.2 Å². The molecular weight excluding hydrogens is 356 g/mol. The van der Waals surface area contributed by atoms with E-state index in [0.29, 0.717) is 37.6 Å². The summed E-state index contributed by atoms with van der Waals surface area (Å²) in [5, 5.41) is 2.90. The molecule has 1 amide bonds. The normalized spacial score (nSPS) is 18.6. The van der Waals surface area contributed by atoms with Crippen LogP contribution in [0.3, 0.4) is 0 Å². The third-order valence-corrected chi connectivity index (χ3v) is 6.31. The Hall–Kier alpha value is -1.80. The number of amides is 1. The van der Waals surface area contributed by atoms with E-state index in [0.717, 1.165) is 0 Å². The van der Waals surface area contributed by atoms with Crippen LogP contribution >= 0.6 is 0 Å². The minimum atomic E-state index is -3.79. The molecule has 1 saturated heterocycles. The van der Waals surface area contributed by atoms with Gasteiger partial charge in [0.2, 0.25) is 15.9 Å². The number of hydrogen-bond donors (Lipinski definition) is 1. The molecule has 0 aliphatic carbocycles. The van der Waals surface area contributed by atoms with Crippen LogP contribution in [-0.2, 0) is 14.8 Å². The fourth-order valence-corrected chi connectivity index (χ4v) is 4.64. The van der Waals surface area contributed by atoms with Crippen molar-refractivity contribution in [3.05, 3.63) is 18.2 Å². The Labute approximate surface area is 155 Å². The molecule has 0 saturated carbocycles. The van der Waals surface area contributed by atoms with E-state index >= 15 is 0 Å². The highest BCUT2D eigenvalue weighted by atomic mass is 32.2. The van der Waals surface area contributed by atoms with Gasteiger partial charge in [0.1, 0.15) is 16.4 Å². The molecule has 1 atom stereocenters. The lowest BCUT2D eigenvalue weighted by atomic mass is 9.98. The average molecular weight is 384 g/mol. The lowest BCUT2D eigenvalue weighted by molar-refractivity contribution is -0.126. The fourth-order valence-electron chi connectivity index (χ4n) is 2.95. The number of rotatable bonds is 7. The van der Waals surface area contributed by atoms with E-state index < -0.39 is 10.0 Å². The van der Waals surface area contributed by atoms with Crippen LogP contribution in [0.1, 0.15) is 26.7 Å². The minimum absolute atomic E-state index is 0.0580. The molecule has 0 spiro atoms. The van der Waals surface area contributed by atoms with Crippen LogP contribution in [0.5, 0.6) is 11.5 Å². The maximum atomic E-state index is 13.1. The van der Waals surface area contributed by atoms with Gasteiger partial charge in [0.05, 0.1) is 20.1 Å². The number of ether oxygens (including phenoxy) is 2. The van der Waals surface area contributed by atoms with Gasteiger partial charge >= 0.3 is 0 Å². The number of hydrogen-bond acceptors (Lipinski definition) is 5. The third kappa shape index (κ3) is 4.67. The second-order valence-corrected chi connectivity index (χ2v) is 8.76. The van der Waals surface area contributed by atoms with Gasteiger partial charge in [0.25, 0.3) is 0 Å². The summed E-state index contributed by atoms with van der Waals surface area (Å²) in [5.74, 6) is 0.623. The van der Waals surface area contributed by atoms with Gasteiger partial charge < -0.3 is 14.8 Å². The van der Waals surface area contributed by atoms with E-state index in [1.165, 1.54) is 24.6 Å². The maximum absolute atomic E-state index is 13.1. The first-order valence-corrected chi connectivity index (χ1v) is 10.2. The molecular formula is C18H28N2O5S. The van der Waals surface area contributed by atoms with E-state index in [1.54, 1.807) is 12.1 Å². The SMILES string of the molecule is COc1ccc(OC)c(S(=O)(=O)N2CCC[C@H](C(=O)NCC(C)C)C2)c1. The number of methoxy groups -OCH3 is 2. The van der Waals surface area contributed by atoms with Gasteiger partial charge in [0, 0.05) is 25.7 Å². The number of carbonyl (C=O) groups excluding carboxylic acids is 1. The number of nitrogens with one attached hydrogen (secondary N) is 1. The van der Waals surface area contributed by atoms with Crippen LogP contribution < -0.4 is 14.8 Å². The van der Waals surface area contributed by atoms with Gasteiger partial charge in [-0.25, -0.2) is 8.42 Å². The first-order chi connectivity index (χ1) is 12.3. The zero-order valence-corrected chi connectivity index (χ0v) is 16.6. The third-order valence-electron chi connectivity index (χ3n) is 4.43. The Morgan fingerprint density at radius 2 is 2.04 bits per heavy atom. The Kier molecular flexibility index (Phi) is 6.88. The van der Waals surface area contributed by atoms with Crippen molar-refractivity contribution in [1.29, 1.82) is 0 Å². The van der Waals surface area contributed by atoms with Gasteiger partial charge in [-0.3, -0.25) is 4.79 Å². The first kappa shape index (κ1) is 20.5. The molecule has 2 rings (SSSR count). The molecule has 1 aromatic rings. The smallest absolute Gasteiger partial charge is 0.246 e. The highest BCUT2D eigenvalue weighted by molar-refractivity contribution is 7.89. The molecule has 1 fully saturated rings. The van der Waals surface area contributed by atoms with Crippen LogP contribution in [-0.4, -0.2) is 52.5 Å². The highest BCUT2D eigenvalue weighted by Crippen LogP contribution is 2.32. The summed E-state index contributed by atoms with van der Waals surface area (Å²) in [6.45, 7) is 5.19. The predicted molar refractivity (Wildman–Crippen MR) is 98.9 cm³/mol. The fraction of sp³-hybridized carbons (Fsp3) is 0.611. The average Bonchev–Trinajstić information content (AvgIpc) is 2.65. The molecule has 1 N–H and O–H groups in total. The minimum Gasteiger partial charge on any atom is -0.497 e. The summed E-state index contributed by atoms with van der Waals surface area (Å²) < 4.78 is 38.0. The Morgan fingerprint density at radius 1 is 1.31 bits per heavy atom. The molecule has 0 unspecified atom stereocenters. The molecule has 7 nitrogen and oxygen atoms in total. The van der Waals surface area contributed by atoms with Crippen molar-refractivity contribution < 1.29 is 22.7 Å². The van der Waals surface area contributed by atoms with Gasteiger partial charge in [0.15, 0.2) is 0 Å². The number of carbonyl (C=O) groups is 1. The predicted octanol–water partition coefficient (Wildman–Crippen LogP) is 1.88. The largest absolute Gasteiger partial charge is 0.497 e. The van der Waals surface area contributed by atoms with E-state index in [4.69, 9.17) is 9.47 Å². The van der Waals surface area contributed by atoms with E-state index in [2.05, 4.69) is 5.32 Å². The summed E-state index contributed by atoms with van der Waals surface area (Å²) in [4.78, 5) is 12.4. The van der Waals surface area contributed by atoms with Crippen molar-refractivity contribution in [2.75, 3.05) is 33.9 Å². The number of benzene rings is 1. The Bertz CT molecular complexity index is 733. The van der Waals surface area contributed by atoms with Crippen LogP contribution in [0, 0.1) is 11.8 Å². The standard InChI is InChI=1S/C18H28N2O5S/c1-13(2)11-19-18(21)14-6-5-9-20(12-14)26(22,23)17-10-15(24-3)7-8-16(17)25-4/h7-8,10,13-14H,5-6,9,11-12H2,1-4H3,(H,19,21)/t14-/m0/s1. The molecule has 0 bridgehead atoms. The summed E-state index contributed by atoms with van der Waals surface area (Å²) in [6.07, 6.45) is 1.33. The van der Waals surface area contributed by atoms with Crippen LogP contribution in [0.15, 0.2) is 23.1 Å². The molecule has 0 aromatic heterocycles. The molecule has 1 aliphatic rings. The van der Waals surface area contributed by atoms with E-state index in [-0.39, 0.29) is 29.0 Å². The molecule has 0 radical (unpaired) electrons. The zero-order chi connectivity index (χ0) is 19.3. The van der Waals surface area contributed by atoms with Crippen molar-refractivity contribution in [3.8, 4) is 11.5 Å². The highest BCUT2D eigenvalue weighted by Gasteiger charge is 2.35. The Morgan fingerprint density at radius 3 is 2.65 bits per heavy atom. The number of nitrogens with zero attached hydrogens (tertiary/aromatic N) is 1. The topological polar surface area (TPSA) is 84.9 Å². The van der Waals surface area contributed by atoms with Crippen LogP contribution in [0.4, 0.5) is 0 Å². The van der Waals surface area contributed by atoms with Crippen molar-refractivity contribution >= 4 is 15.9 Å². The molecule has 1 aromatic carbocycles. The first-order valence-electron chi connectivity index (χ1n) is 8.79. The monoisotopic (exact) mass is 384 g/mol. The van der Waals surface area contributed by atoms with Crippen molar-refractivity contribution in [3.63, 3.8) is 0 Å². The van der Waals surface area contributed by atoms with Crippen LogP contribution in [0.25, 0.3) is 0 Å². The van der Waals surface area contributed by atoms with Crippen LogP contribution in [0.2, 0.25) is 0 Å². The van der Waals surface area contributed by atoms with Crippen molar-refractivity contribution in [1.82, 2.24) is 9.62 Å². The quantitative estimate of drug-likeness (QED) is 0.776. The molecule has 1 heterocycles. The van der Waals surface area contributed by atoms with Crippen molar-refractivity contribution in [2.24, 2.45) is 11.8 Å². The van der Waals surface area contributed by atoms with E-state index in [1.807, 2.05) is 13.8 Å². The lowest BCUT2D eigenvalue weighted by Crippen LogP contribution is -2.46. The molecule has 1 aliphatic heterocycles. The van der Waals surface area contributed by atoms with Gasteiger partial charge in [-0.1, -0.05) is 13.8 Å². The van der Waals surface area contributed by atoms with Gasteiger partial charge in [-0.2, -0.15) is 4.31 Å². The Balaban J connectivity index is 2.22. The summed E-state index contributed by atoms with van der Waals surface area (Å²) in [7, 11) is -0.877. The lowest BCUT2D eigenvalue weighted by Gasteiger charge is -2.31. The molecule has 8 heteroatoms. The number of piperidine rings is 1.